The van der Waals surface area contributed by atoms with E-state index in [0.29, 0.717) is 4.88 Å². The van der Waals surface area contributed by atoms with Gasteiger partial charge in [-0.15, -0.1) is 11.3 Å². The zero-order valence-electron chi connectivity index (χ0n) is 12.3. The summed E-state index contributed by atoms with van der Waals surface area (Å²) in [5.74, 6) is -0.180. The van der Waals surface area contributed by atoms with E-state index in [1.165, 1.54) is 29.7 Å². The number of hydrogen-bond acceptors (Lipinski definition) is 3. The second kappa shape index (κ2) is 6.26. The van der Waals surface area contributed by atoms with Crippen LogP contribution >= 0.6 is 11.3 Å². The molecule has 3 rings (SSSR count). The van der Waals surface area contributed by atoms with Crippen LogP contribution in [-0.4, -0.2) is 18.0 Å². The van der Waals surface area contributed by atoms with Crippen LogP contribution in [0.5, 0.6) is 0 Å². The quantitative estimate of drug-likeness (QED) is 0.918. The molecule has 0 bridgehead atoms. The summed E-state index contributed by atoms with van der Waals surface area (Å²) in [5, 5.41) is 0. The van der Waals surface area contributed by atoms with Crippen LogP contribution in [0.25, 0.3) is 10.4 Å². The fraction of sp³-hybridized carbons (Fsp3) is 0.412. The normalized spacial score (nSPS) is 17.3. The van der Waals surface area contributed by atoms with E-state index in [1.807, 2.05) is 13.0 Å². The minimum Gasteiger partial charge on any atom is -0.323 e. The summed E-state index contributed by atoms with van der Waals surface area (Å²) in [5.41, 5.74) is 8.25. The zero-order chi connectivity index (χ0) is 14.8. The fourth-order valence-corrected chi connectivity index (χ4v) is 3.96. The van der Waals surface area contributed by atoms with Crippen molar-refractivity contribution < 1.29 is 4.39 Å². The van der Waals surface area contributed by atoms with Gasteiger partial charge in [0.2, 0.25) is 0 Å². The lowest BCUT2D eigenvalue weighted by Gasteiger charge is -2.17. The molecular weight excluding hydrogens is 283 g/mol. The molecule has 2 heterocycles. The van der Waals surface area contributed by atoms with Crippen molar-refractivity contribution in [2.24, 2.45) is 5.73 Å². The van der Waals surface area contributed by atoms with E-state index in [-0.39, 0.29) is 11.9 Å². The van der Waals surface area contributed by atoms with Gasteiger partial charge in [-0.05, 0) is 50.0 Å². The second-order valence-corrected chi connectivity index (χ2v) is 6.84. The van der Waals surface area contributed by atoms with Crippen molar-refractivity contribution >= 4 is 11.3 Å². The second-order valence-electron chi connectivity index (χ2n) is 5.75. The van der Waals surface area contributed by atoms with Crippen molar-refractivity contribution in [1.82, 2.24) is 4.90 Å². The van der Waals surface area contributed by atoms with Gasteiger partial charge in [0, 0.05) is 17.5 Å². The van der Waals surface area contributed by atoms with E-state index < -0.39 is 0 Å². The van der Waals surface area contributed by atoms with Gasteiger partial charge in [0.25, 0.3) is 0 Å². The topological polar surface area (TPSA) is 29.3 Å². The number of nitrogens with zero attached hydrogens (tertiary/aromatic N) is 1. The molecule has 1 atom stereocenters. The lowest BCUT2D eigenvalue weighted by molar-refractivity contribution is 0.332. The van der Waals surface area contributed by atoms with Crippen LogP contribution in [-0.2, 0) is 6.54 Å². The number of halogens is 1. The first-order chi connectivity index (χ1) is 10.1. The predicted molar refractivity (Wildman–Crippen MR) is 86.8 cm³/mol. The van der Waals surface area contributed by atoms with E-state index >= 15 is 0 Å². The Balaban J connectivity index is 1.92. The maximum absolute atomic E-state index is 14.0. The van der Waals surface area contributed by atoms with Crippen molar-refractivity contribution in [2.75, 3.05) is 13.1 Å². The highest BCUT2D eigenvalue weighted by Gasteiger charge is 2.17. The Bertz CT molecular complexity index is 615. The van der Waals surface area contributed by atoms with Crippen molar-refractivity contribution in [3.63, 3.8) is 0 Å². The molecule has 4 heteroatoms. The first kappa shape index (κ1) is 14.7. The highest BCUT2D eigenvalue weighted by atomic mass is 32.1. The maximum Gasteiger partial charge on any atom is 0.139 e. The maximum atomic E-state index is 14.0. The van der Waals surface area contributed by atoms with Crippen LogP contribution in [0.2, 0.25) is 0 Å². The van der Waals surface area contributed by atoms with Crippen LogP contribution in [0.1, 0.15) is 36.2 Å². The first-order valence-corrected chi connectivity index (χ1v) is 8.32. The SMILES string of the molecule is C[C@@H](N)c1sc(-c2ccccc2CN2CCCC2)cc1F. The molecule has 2 N–H and O–H groups in total. The van der Waals surface area contributed by atoms with Gasteiger partial charge in [0.15, 0.2) is 0 Å². The lowest BCUT2D eigenvalue weighted by Crippen LogP contribution is -2.18. The van der Waals surface area contributed by atoms with E-state index in [1.54, 1.807) is 6.07 Å². The molecule has 0 saturated carbocycles. The number of rotatable bonds is 4. The van der Waals surface area contributed by atoms with E-state index in [9.17, 15) is 4.39 Å². The minimum atomic E-state index is -0.255. The zero-order valence-corrected chi connectivity index (χ0v) is 13.1. The summed E-state index contributed by atoms with van der Waals surface area (Å²) in [6.45, 7) is 5.11. The van der Waals surface area contributed by atoms with E-state index in [4.69, 9.17) is 5.73 Å². The Kier molecular flexibility index (Phi) is 4.38. The van der Waals surface area contributed by atoms with E-state index in [0.717, 1.165) is 30.1 Å². The third-order valence-electron chi connectivity index (χ3n) is 4.00. The van der Waals surface area contributed by atoms with Crippen LogP contribution in [0.15, 0.2) is 30.3 Å². The van der Waals surface area contributed by atoms with Gasteiger partial charge in [-0.2, -0.15) is 0 Å². The van der Waals surface area contributed by atoms with Crippen LogP contribution in [0.4, 0.5) is 4.39 Å². The molecule has 2 nitrogen and oxygen atoms in total. The molecule has 0 radical (unpaired) electrons. The summed E-state index contributed by atoms with van der Waals surface area (Å²) < 4.78 is 14.0. The Morgan fingerprint density at radius 3 is 2.67 bits per heavy atom. The third kappa shape index (κ3) is 3.18. The molecule has 1 aromatic carbocycles. The average molecular weight is 304 g/mol. The monoisotopic (exact) mass is 304 g/mol. The Hall–Kier alpha value is -1.23. The molecule has 0 amide bonds. The Labute approximate surface area is 129 Å². The van der Waals surface area contributed by atoms with Gasteiger partial charge in [0.1, 0.15) is 5.82 Å². The highest BCUT2D eigenvalue weighted by Crippen LogP contribution is 2.35. The third-order valence-corrected chi connectivity index (χ3v) is 5.35. The molecule has 112 valence electrons. The number of hydrogen-bond donors (Lipinski definition) is 1. The summed E-state index contributed by atoms with van der Waals surface area (Å²) in [6.07, 6.45) is 2.56. The molecule has 1 fully saturated rings. The molecule has 1 aromatic heterocycles. The fourth-order valence-electron chi connectivity index (χ4n) is 2.91. The van der Waals surface area contributed by atoms with Gasteiger partial charge < -0.3 is 5.73 Å². The number of benzene rings is 1. The first-order valence-electron chi connectivity index (χ1n) is 7.50. The van der Waals surface area contributed by atoms with Crippen LogP contribution in [0, 0.1) is 5.82 Å². The number of nitrogens with two attached hydrogens (primary N) is 1. The Morgan fingerprint density at radius 2 is 2.00 bits per heavy atom. The molecule has 0 spiro atoms. The van der Waals surface area contributed by atoms with Crippen molar-refractivity contribution in [3.8, 4) is 10.4 Å². The molecule has 0 aliphatic carbocycles. The number of likely N-dealkylation sites (tertiary alicyclic amines) is 1. The predicted octanol–water partition coefficient (Wildman–Crippen LogP) is 4.17. The van der Waals surface area contributed by atoms with Crippen molar-refractivity contribution in [2.45, 2.75) is 32.4 Å². The average Bonchev–Trinajstić information content (AvgIpc) is 3.09. The number of thiophene rings is 1. The standard InChI is InChI=1S/C17H21FN2S/c1-12(19)17-15(18)10-16(21-17)14-7-3-2-6-13(14)11-20-8-4-5-9-20/h2-3,6-7,10,12H,4-5,8-9,11,19H2,1H3/t12-/m1/s1. The summed E-state index contributed by atoms with van der Waals surface area (Å²) in [6, 6.07) is 9.69. The summed E-state index contributed by atoms with van der Waals surface area (Å²) in [7, 11) is 0. The van der Waals surface area contributed by atoms with Gasteiger partial charge in [-0.3, -0.25) is 4.90 Å². The summed E-state index contributed by atoms with van der Waals surface area (Å²) in [4.78, 5) is 4.09. The summed E-state index contributed by atoms with van der Waals surface area (Å²) >= 11 is 1.47. The van der Waals surface area contributed by atoms with Gasteiger partial charge in [0.05, 0.1) is 4.88 Å². The van der Waals surface area contributed by atoms with Gasteiger partial charge >= 0.3 is 0 Å². The molecule has 1 aliphatic heterocycles. The largest absolute Gasteiger partial charge is 0.323 e. The highest BCUT2D eigenvalue weighted by molar-refractivity contribution is 7.15. The molecular formula is C17H21FN2S. The van der Waals surface area contributed by atoms with Crippen molar-refractivity contribution in [1.29, 1.82) is 0 Å². The van der Waals surface area contributed by atoms with Gasteiger partial charge in [-0.1, -0.05) is 24.3 Å². The van der Waals surface area contributed by atoms with Crippen LogP contribution in [0.3, 0.4) is 0 Å². The lowest BCUT2D eigenvalue weighted by atomic mass is 10.1. The van der Waals surface area contributed by atoms with Crippen molar-refractivity contribution in [3.05, 3.63) is 46.6 Å². The minimum absolute atomic E-state index is 0.180. The molecule has 2 aromatic rings. The molecule has 1 aliphatic rings. The molecule has 21 heavy (non-hydrogen) atoms. The Morgan fingerprint density at radius 1 is 1.29 bits per heavy atom. The molecule has 1 saturated heterocycles. The smallest absolute Gasteiger partial charge is 0.139 e. The van der Waals surface area contributed by atoms with E-state index in [2.05, 4.69) is 23.1 Å². The van der Waals surface area contributed by atoms with Gasteiger partial charge in [-0.25, -0.2) is 4.39 Å². The molecule has 0 unspecified atom stereocenters. The van der Waals surface area contributed by atoms with Crippen LogP contribution < -0.4 is 5.73 Å².